The van der Waals surface area contributed by atoms with Crippen molar-refractivity contribution in [2.24, 2.45) is 5.73 Å². The lowest BCUT2D eigenvalue weighted by atomic mass is 9.90. The monoisotopic (exact) mass is 881 g/mol. The topological polar surface area (TPSA) is 53.7 Å². The van der Waals surface area contributed by atoms with Crippen LogP contribution in [0.4, 0.5) is 0 Å². The maximum atomic E-state index is 7.74. The zero-order chi connectivity index (χ0) is 45.9. The molecule has 0 saturated carbocycles. The summed E-state index contributed by atoms with van der Waals surface area (Å²) in [5.41, 5.74) is 21.1. The molecular weight excluding hydrogens is 831 g/mol. The van der Waals surface area contributed by atoms with Crippen LogP contribution < -0.4 is 19.9 Å². The zero-order valence-electron chi connectivity index (χ0n) is 37.7. The summed E-state index contributed by atoms with van der Waals surface area (Å²) in [6, 6.07) is 61.8. The van der Waals surface area contributed by atoms with Crippen molar-refractivity contribution < 1.29 is 14.2 Å². The molecule has 1 unspecified atom stereocenters. The largest absolute Gasteiger partial charge is 0.492 e. The van der Waals surface area contributed by atoms with Crippen molar-refractivity contribution >= 4 is 72.9 Å². The molecule has 2 heterocycles. The van der Waals surface area contributed by atoms with Gasteiger partial charge in [0.25, 0.3) is 0 Å². The Balaban J connectivity index is 1.26. The Morgan fingerprint density at radius 1 is 0.353 bits per heavy atom. The molecule has 8 aromatic rings. The predicted octanol–water partition coefficient (Wildman–Crippen LogP) is 15.8. The average Bonchev–Trinajstić information content (AvgIpc) is 4.05. The van der Waals surface area contributed by atoms with Crippen molar-refractivity contribution in [2.45, 2.75) is 12.5 Å². The Hall–Kier alpha value is -8.44. The molecule has 0 radical (unpaired) electrons. The maximum absolute atomic E-state index is 7.74. The molecular formula is C64H51NO3. The Labute approximate surface area is 399 Å². The lowest BCUT2D eigenvalue weighted by Crippen LogP contribution is -2.12. The third kappa shape index (κ3) is 9.87. The number of fused-ring (bicyclic) bond motifs is 2. The number of benzene rings is 8. The van der Waals surface area contributed by atoms with Crippen LogP contribution in [0.1, 0.15) is 83.9 Å². The first-order chi connectivity index (χ1) is 33.7. The van der Waals surface area contributed by atoms with E-state index >= 15 is 0 Å². The minimum atomic E-state index is -0.460. The number of rotatable bonds is 14. The lowest BCUT2D eigenvalue weighted by Gasteiger charge is -2.24. The molecule has 2 N–H and O–H groups in total. The normalized spacial score (nSPS) is 14.4. The van der Waals surface area contributed by atoms with Gasteiger partial charge in [-0.25, -0.2) is 0 Å². The van der Waals surface area contributed by atoms with E-state index in [9.17, 15) is 0 Å². The summed E-state index contributed by atoms with van der Waals surface area (Å²) in [5.74, 6) is 2.89. The van der Waals surface area contributed by atoms with Gasteiger partial charge in [-0.2, -0.15) is 0 Å². The van der Waals surface area contributed by atoms with Crippen LogP contribution >= 0.6 is 0 Å². The van der Waals surface area contributed by atoms with E-state index in [1.165, 1.54) is 0 Å². The standard InChI is InChI=1S/C64H51NO3/c65-59-45-67-63-56(41-35-50-27-15-5-16-28-50)53(38-32-47-21-9-2-10-22-47)57(42-36-51-29-17-6-18-30-51)64(60(59)63)68-62-55(40-34-49-25-13-4-14-26-49)52(37-31-46-19-7-1-8-20-46)54(61-58(62)43-44-66-61)39-33-48-23-11-3-12-24-48/h1-42,59H,43-45,65H2. The Morgan fingerprint density at radius 2 is 0.676 bits per heavy atom. The highest BCUT2D eigenvalue weighted by atomic mass is 16.5. The molecule has 0 saturated heterocycles. The fraction of sp³-hybridized carbons (Fsp3) is 0.0625. The van der Waals surface area contributed by atoms with Crippen molar-refractivity contribution in [3.8, 4) is 23.0 Å². The van der Waals surface area contributed by atoms with E-state index in [-0.39, 0.29) is 0 Å². The molecule has 1 atom stereocenters. The third-order valence-electron chi connectivity index (χ3n) is 12.2. The molecule has 0 bridgehead atoms. The second-order valence-electron chi connectivity index (χ2n) is 16.8. The minimum Gasteiger partial charge on any atom is -0.492 e. The van der Waals surface area contributed by atoms with Crippen LogP contribution in [0.3, 0.4) is 0 Å². The summed E-state index contributed by atoms with van der Waals surface area (Å²) in [4.78, 5) is 0. The number of hydrogen-bond acceptors (Lipinski definition) is 4. The van der Waals surface area contributed by atoms with Crippen LogP contribution in [-0.4, -0.2) is 13.2 Å². The first-order valence-electron chi connectivity index (χ1n) is 23.2. The van der Waals surface area contributed by atoms with Crippen molar-refractivity contribution in [2.75, 3.05) is 13.2 Å². The highest BCUT2D eigenvalue weighted by molar-refractivity contribution is 5.94. The second-order valence-corrected chi connectivity index (χ2v) is 16.8. The van der Waals surface area contributed by atoms with Gasteiger partial charge in [-0.15, -0.1) is 0 Å². The first kappa shape index (κ1) is 43.5. The van der Waals surface area contributed by atoms with Gasteiger partial charge in [0.15, 0.2) is 0 Å². The van der Waals surface area contributed by atoms with Crippen LogP contribution in [0.25, 0.3) is 72.9 Å². The minimum absolute atomic E-state index is 0.307. The van der Waals surface area contributed by atoms with E-state index in [2.05, 4.69) is 219 Å². The van der Waals surface area contributed by atoms with Crippen LogP contribution in [0.15, 0.2) is 182 Å². The highest BCUT2D eigenvalue weighted by Gasteiger charge is 2.35. The summed E-state index contributed by atoms with van der Waals surface area (Å²) in [5, 5.41) is 0. The smallest absolute Gasteiger partial charge is 0.143 e. The molecule has 330 valence electrons. The van der Waals surface area contributed by atoms with E-state index in [0.29, 0.717) is 31.1 Å². The quantitative estimate of drug-likeness (QED) is 0.111. The molecule has 0 aliphatic carbocycles. The molecule has 68 heavy (non-hydrogen) atoms. The van der Waals surface area contributed by atoms with Gasteiger partial charge in [0.1, 0.15) is 29.6 Å². The molecule has 0 fully saturated rings. The van der Waals surface area contributed by atoms with Crippen molar-refractivity contribution in [3.05, 3.63) is 260 Å². The molecule has 4 heteroatoms. The molecule has 4 nitrogen and oxygen atoms in total. The van der Waals surface area contributed by atoms with Gasteiger partial charge in [0.05, 0.1) is 18.2 Å². The fourth-order valence-electron chi connectivity index (χ4n) is 8.81. The van der Waals surface area contributed by atoms with Gasteiger partial charge in [-0.3, -0.25) is 0 Å². The van der Waals surface area contributed by atoms with Crippen molar-refractivity contribution in [3.63, 3.8) is 0 Å². The highest BCUT2D eigenvalue weighted by Crippen LogP contribution is 2.53. The van der Waals surface area contributed by atoms with Crippen LogP contribution in [-0.2, 0) is 6.42 Å². The van der Waals surface area contributed by atoms with Gasteiger partial charge in [0.2, 0.25) is 0 Å². The first-order valence-corrected chi connectivity index (χ1v) is 23.2. The van der Waals surface area contributed by atoms with E-state index in [4.69, 9.17) is 19.9 Å². The number of ether oxygens (including phenoxy) is 3. The van der Waals surface area contributed by atoms with Gasteiger partial charge in [-0.1, -0.05) is 243 Å². The third-order valence-corrected chi connectivity index (χ3v) is 12.2. The average molecular weight is 882 g/mol. The molecule has 0 spiro atoms. The fourth-order valence-corrected chi connectivity index (χ4v) is 8.81. The zero-order valence-corrected chi connectivity index (χ0v) is 37.7. The van der Waals surface area contributed by atoms with E-state index in [0.717, 1.165) is 89.4 Å². The van der Waals surface area contributed by atoms with E-state index in [1.807, 2.05) is 36.4 Å². The predicted molar refractivity (Wildman–Crippen MR) is 287 cm³/mol. The molecule has 2 aliphatic heterocycles. The van der Waals surface area contributed by atoms with E-state index < -0.39 is 6.04 Å². The van der Waals surface area contributed by atoms with Gasteiger partial charge in [-0.05, 0) is 56.7 Å². The second kappa shape index (κ2) is 20.8. The lowest BCUT2D eigenvalue weighted by molar-refractivity contribution is 0.332. The van der Waals surface area contributed by atoms with E-state index in [1.54, 1.807) is 0 Å². The molecule has 8 aromatic carbocycles. The summed E-state index contributed by atoms with van der Waals surface area (Å²) >= 11 is 0. The summed E-state index contributed by atoms with van der Waals surface area (Å²) < 4.78 is 21.1. The summed E-state index contributed by atoms with van der Waals surface area (Å²) in [6.07, 6.45) is 26.7. The molecule has 0 amide bonds. The summed E-state index contributed by atoms with van der Waals surface area (Å²) in [7, 11) is 0. The SMILES string of the molecule is NC1COc2c(C=Cc3ccccc3)c(C=Cc3ccccc3)c(C=Cc3ccccc3)c(Oc3c(C=Cc4ccccc4)c(C=Cc4ccccc4)c(C=Cc4ccccc4)c4c3CCO4)c21. The van der Waals surface area contributed by atoms with Crippen molar-refractivity contribution in [1.82, 2.24) is 0 Å². The molecule has 10 rings (SSSR count). The van der Waals surface area contributed by atoms with Crippen molar-refractivity contribution in [1.29, 1.82) is 0 Å². The Bertz CT molecular complexity index is 3190. The van der Waals surface area contributed by atoms with Gasteiger partial charge < -0.3 is 19.9 Å². The molecule has 0 aromatic heterocycles. The Kier molecular flexibility index (Phi) is 13.3. The maximum Gasteiger partial charge on any atom is 0.143 e. The van der Waals surface area contributed by atoms with Crippen LogP contribution in [0.2, 0.25) is 0 Å². The van der Waals surface area contributed by atoms with Crippen LogP contribution in [0.5, 0.6) is 23.0 Å². The van der Waals surface area contributed by atoms with Gasteiger partial charge >= 0.3 is 0 Å². The van der Waals surface area contributed by atoms with Gasteiger partial charge in [0, 0.05) is 34.2 Å². The number of nitrogens with two attached hydrogens (primary N) is 1. The summed E-state index contributed by atoms with van der Waals surface area (Å²) in [6.45, 7) is 0.823. The van der Waals surface area contributed by atoms with Crippen LogP contribution in [0, 0.1) is 0 Å². The molecule has 2 aliphatic rings. The Morgan fingerprint density at radius 3 is 1.06 bits per heavy atom. The number of hydrogen-bond donors (Lipinski definition) is 1.